The Kier molecular flexibility index (Phi) is 5.92. The number of carbonyl (C=O) groups excluding carboxylic acids is 1. The minimum atomic E-state index is -0.732. The Bertz CT molecular complexity index is 1450. The third-order valence-electron chi connectivity index (χ3n) is 6.01. The molecule has 174 valence electrons. The molecule has 34 heavy (non-hydrogen) atoms. The van der Waals surface area contributed by atoms with Gasteiger partial charge in [0.2, 0.25) is 0 Å². The van der Waals surface area contributed by atoms with Gasteiger partial charge in [-0.1, -0.05) is 12.1 Å². The van der Waals surface area contributed by atoms with Crippen molar-refractivity contribution in [3.8, 4) is 17.2 Å². The second kappa shape index (κ2) is 9.17. The van der Waals surface area contributed by atoms with E-state index < -0.39 is 17.9 Å². The number of fused-ring (bicyclic) bond motifs is 2. The van der Waals surface area contributed by atoms with Crippen molar-refractivity contribution in [2.45, 2.75) is 25.0 Å². The second-order valence-electron chi connectivity index (χ2n) is 8.39. The standard InChI is InChI=1S/C25H24N4O5/c1-29-20-11-16(4-6-22(20)34-25(29)31)15-3-5-21-17(9-15)10-19(33-21)12-18(13-26)28-24(30)23-14-27-7-2-8-32-23/h3-6,9-11,18,23,27H,2,7-8,12,14H2,1H3,(H,28,30). The van der Waals surface area contributed by atoms with Gasteiger partial charge in [-0.15, -0.1) is 0 Å². The van der Waals surface area contributed by atoms with Crippen LogP contribution >= 0.6 is 0 Å². The SMILES string of the molecule is Cn1c(=O)oc2ccc(-c3ccc4oc(CC(C#N)NC(=O)C5CNCCCO5)cc4c3)cc21. The van der Waals surface area contributed by atoms with Gasteiger partial charge in [0.1, 0.15) is 23.5 Å². The minimum Gasteiger partial charge on any atom is -0.461 e. The highest BCUT2D eigenvalue weighted by atomic mass is 16.5. The molecule has 0 saturated carbocycles. The van der Waals surface area contributed by atoms with Crippen LogP contribution in [-0.2, 0) is 23.0 Å². The second-order valence-corrected chi connectivity index (χ2v) is 8.39. The maximum Gasteiger partial charge on any atom is 0.419 e. The molecule has 2 unspecified atom stereocenters. The lowest BCUT2D eigenvalue weighted by atomic mass is 10.0. The molecule has 1 saturated heterocycles. The Morgan fingerprint density at radius 1 is 1.21 bits per heavy atom. The molecular formula is C25H24N4O5. The number of furan rings is 1. The molecule has 9 nitrogen and oxygen atoms in total. The van der Waals surface area contributed by atoms with E-state index in [4.69, 9.17) is 13.6 Å². The Hall–Kier alpha value is -3.87. The molecule has 0 spiro atoms. The molecule has 2 aromatic carbocycles. The van der Waals surface area contributed by atoms with Crippen LogP contribution in [0.1, 0.15) is 12.2 Å². The summed E-state index contributed by atoms with van der Waals surface area (Å²) in [6.07, 6.45) is 0.485. The van der Waals surface area contributed by atoms with Crippen LogP contribution in [0.4, 0.5) is 0 Å². The van der Waals surface area contributed by atoms with Crippen molar-refractivity contribution in [2.24, 2.45) is 7.05 Å². The van der Waals surface area contributed by atoms with Crippen LogP contribution in [-0.4, -0.2) is 42.3 Å². The van der Waals surface area contributed by atoms with Gasteiger partial charge in [-0.05, 0) is 54.4 Å². The molecule has 2 atom stereocenters. The van der Waals surface area contributed by atoms with E-state index in [2.05, 4.69) is 16.7 Å². The number of nitrogens with one attached hydrogen (secondary N) is 2. The lowest BCUT2D eigenvalue weighted by molar-refractivity contribution is -0.132. The van der Waals surface area contributed by atoms with Crippen molar-refractivity contribution in [3.05, 3.63) is 58.8 Å². The lowest BCUT2D eigenvalue weighted by Crippen LogP contribution is -2.46. The number of benzene rings is 2. The van der Waals surface area contributed by atoms with Gasteiger partial charge in [0.05, 0.1) is 11.6 Å². The summed E-state index contributed by atoms with van der Waals surface area (Å²) < 4.78 is 18.2. The average molecular weight is 460 g/mol. The summed E-state index contributed by atoms with van der Waals surface area (Å²) in [5.41, 5.74) is 3.84. The molecule has 9 heteroatoms. The van der Waals surface area contributed by atoms with Crippen LogP contribution in [0.3, 0.4) is 0 Å². The first kappa shape index (κ1) is 21.9. The number of aromatic nitrogens is 1. The van der Waals surface area contributed by atoms with Crippen LogP contribution in [0.15, 0.2) is 56.1 Å². The fourth-order valence-corrected chi connectivity index (χ4v) is 4.16. The molecule has 1 fully saturated rings. The number of rotatable bonds is 5. The van der Waals surface area contributed by atoms with E-state index in [-0.39, 0.29) is 12.3 Å². The van der Waals surface area contributed by atoms with Gasteiger partial charge >= 0.3 is 5.76 Å². The third-order valence-corrected chi connectivity index (χ3v) is 6.01. The summed E-state index contributed by atoms with van der Waals surface area (Å²) in [5, 5.41) is 16.4. The largest absolute Gasteiger partial charge is 0.461 e. The zero-order valence-electron chi connectivity index (χ0n) is 18.7. The molecule has 4 aromatic rings. The monoisotopic (exact) mass is 460 g/mol. The number of amides is 1. The van der Waals surface area contributed by atoms with Gasteiger partial charge in [0.15, 0.2) is 5.58 Å². The van der Waals surface area contributed by atoms with Crippen molar-refractivity contribution < 1.29 is 18.4 Å². The van der Waals surface area contributed by atoms with Crippen LogP contribution in [0, 0.1) is 11.3 Å². The van der Waals surface area contributed by atoms with Gasteiger partial charge < -0.3 is 24.2 Å². The molecule has 1 aliphatic heterocycles. The topological polar surface area (TPSA) is 122 Å². The van der Waals surface area contributed by atoms with E-state index >= 15 is 0 Å². The Labute approximate surface area is 194 Å². The summed E-state index contributed by atoms with van der Waals surface area (Å²) >= 11 is 0. The van der Waals surface area contributed by atoms with Gasteiger partial charge in [0.25, 0.3) is 5.91 Å². The zero-order chi connectivity index (χ0) is 23.7. The molecule has 1 amide bonds. The van der Waals surface area contributed by atoms with E-state index in [9.17, 15) is 14.9 Å². The van der Waals surface area contributed by atoms with Gasteiger partial charge in [-0.2, -0.15) is 5.26 Å². The number of nitrogens with zero attached hydrogens (tertiary/aromatic N) is 2. The minimum absolute atomic E-state index is 0.246. The highest BCUT2D eigenvalue weighted by Crippen LogP contribution is 2.29. The molecule has 2 N–H and O–H groups in total. The number of carbonyl (C=O) groups is 1. The first-order chi connectivity index (χ1) is 16.5. The van der Waals surface area contributed by atoms with E-state index in [1.54, 1.807) is 13.1 Å². The van der Waals surface area contributed by atoms with Crippen LogP contribution in [0.5, 0.6) is 0 Å². The molecule has 0 bridgehead atoms. The fraction of sp³-hybridized carbons (Fsp3) is 0.320. The first-order valence-corrected chi connectivity index (χ1v) is 11.2. The average Bonchev–Trinajstić information content (AvgIpc) is 3.22. The summed E-state index contributed by atoms with van der Waals surface area (Å²) in [7, 11) is 1.67. The number of nitriles is 1. The highest BCUT2D eigenvalue weighted by Gasteiger charge is 2.24. The number of ether oxygens (including phenoxy) is 1. The van der Waals surface area contributed by atoms with Crippen molar-refractivity contribution in [2.75, 3.05) is 19.7 Å². The van der Waals surface area contributed by atoms with E-state index in [1.807, 2.05) is 36.4 Å². The van der Waals surface area contributed by atoms with Crippen molar-refractivity contribution in [3.63, 3.8) is 0 Å². The van der Waals surface area contributed by atoms with Gasteiger partial charge in [0, 0.05) is 32.0 Å². The third kappa shape index (κ3) is 4.33. The van der Waals surface area contributed by atoms with Crippen LogP contribution in [0.25, 0.3) is 33.2 Å². The van der Waals surface area contributed by atoms with E-state index in [0.717, 1.165) is 35.0 Å². The van der Waals surface area contributed by atoms with Crippen molar-refractivity contribution >= 4 is 28.0 Å². The summed E-state index contributed by atoms with van der Waals surface area (Å²) in [4.78, 5) is 24.3. The molecule has 3 heterocycles. The summed E-state index contributed by atoms with van der Waals surface area (Å²) in [6, 6.07) is 14.7. The molecule has 2 aromatic heterocycles. The van der Waals surface area contributed by atoms with Crippen molar-refractivity contribution in [1.82, 2.24) is 15.2 Å². The maximum absolute atomic E-state index is 12.5. The van der Waals surface area contributed by atoms with Gasteiger partial charge in [-0.3, -0.25) is 9.36 Å². The number of oxazole rings is 1. The number of hydrogen-bond donors (Lipinski definition) is 2. The molecule has 0 radical (unpaired) electrons. The zero-order valence-corrected chi connectivity index (χ0v) is 18.7. The molecule has 5 rings (SSSR count). The smallest absolute Gasteiger partial charge is 0.419 e. The summed E-state index contributed by atoms with van der Waals surface area (Å²) in [6.45, 7) is 1.74. The van der Waals surface area contributed by atoms with E-state index in [0.29, 0.717) is 30.1 Å². The van der Waals surface area contributed by atoms with E-state index in [1.165, 1.54) is 4.57 Å². The number of hydrogen-bond acceptors (Lipinski definition) is 7. The molecule has 0 aliphatic carbocycles. The quantitative estimate of drug-likeness (QED) is 0.469. The van der Waals surface area contributed by atoms with Gasteiger partial charge in [-0.25, -0.2) is 4.79 Å². The van der Waals surface area contributed by atoms with Crippen molar-refractivity contribution in [1.29, 1.82) is 5.26 Å². The van der Waals surface area contributed by atoms with Crippen LogP contribution in [0.2, 0.25) is 0 Å². The lowest BCUT2D eigenvalue weighted by Gasteiger charge is -2.17. The normalized spacial score (nSPS) is 17.4. The fourth-order valence-electron chi connectivity index (χ4n) is 4.16. The molecular weight excluding hydrogens is 436 g/mol. The molecule has 1 aliphatic rings. The predicted molar refractivity (Wildman–Crippen MR) is 125 cm³/mol. The Balaban J connectivity index is 1.34. The Morgan fingerprint density at radius 2 is 2.00 bits per heavy atom. The summed E-state index contributed by atoms with van der Waals surface area (Å²) in [5.74, 6) is -0.0990. The Morgan fingerprint density at radius 3 is 2.82 bits per heavy atom. The predicted octanol–water partition coefficient (Wildman–Crippen LogP) is 2.47. The highest BCUT2D eigenvalue weighted by molar-refractivity contribution is 5.87. The first-order valence-electron chi connectivity index (χ1n) is 11.2. The number of aryl methyl sites for hydroxylation is 1. The van der Waals surface area contributed by atoms with Crippen LogP contribution < -0.4 is 16.4 Å². The maximum atomic E-state index is 12.5.